The van der Waals surface area contributed by atoms with Crippen molar-refractivity contribution in [2.24, 2.45) is 0 Å². The minimum atomic E-state index is 0.244. The van der Waals surface area contributed by atoms with Crippen molar-refractivity contribution in [3.8, 4) is 23.0 Å². The number of nitrogens with zero attached hydrogens (tertiary/aromatic N) is 8. The first kappa shape index (κ1) is 42.3. The number of rotatable bonds is 16. The SMILES string of the molecule is C(=Cc1ccc(OCc2nn[nH]n2)cc1)c1ccc(OCc2ccc3ccccc3n2)cc1.C(=Cc1ccccc1OCc1nn[nH]n1)c1cccc(OCc2ccc3ccccc3n2)c1. The summed E-state index contributed by atoms with van der Waals surface area (Å²) in [7, 11) is 0. The van der Waals surface area contributed by atoms with Crippen molar-refractivity contribution < 1.29 is 18.9 Å². The smallest absolute Gasteiger partial charge is 0.211 e. The molecule has 0 aliphatic rings. The average Bonchev–Trinajstić information content (AvgIpc) is 4.12. The number of hydrogen-bond donors (Lipinski definition) is 2. The van der Waals surface area contributed by atoms with Gasteiger partial charge in [0.2, 0.25) is 11.6 Å². The predicted molar refractivity (Wildman–Crippen MR) is 253 cm³/mol. The van der Waals surface area contributed by atoms with Crippen LogP contribution in [0.5, 0.6) is 23.0 Å². The molecule has 4 aromatic heterocycles. The van der Waals surface area contributed by atoms with Crippen molar-refractivity contribution in [1.82, 2.24) is 51.2 Å². The molecule has 10 rings (SSSR count). The molecule has 0 unspecified atom stereocenters. The fourth-order valence-corrected chi connectivity index (χ4v) is 6.66. The molecule has 0 aliphatic carbocycles. The van der Waals surface area contributed by atoms with E-state index in [0.717, 1.165) is 78.4 Å². The molecule has 0 amide bonds. The normalized spacial score (nSPS) is 11.2. The maximum Gasteiger partial charge on any atom is 0.211 e. The minimum absolute atomic E-state index is 0.244. The molecule has 0 spiro atoms. The zero-order chi connectivity index (χ0) is 44.6. The summed E-state index contributed by atoms with van der Waals surface area (Å²) in [5, 5.41) is 29.7. The lowest BCUT2D eigenvalue weighted by molar-refractivity contribution is 0.295. The van der Waals surface area contributed by atoms with Gasteiger partial charge in [-0.25, -0.2) is 9.97 Å². The van der Waals surface area contributed by atoms with Crippen molar-refractivity contribution in [2.75, 3.05) is 0 Å². The Morgan fingerprint density at radius 2 is 0.909 bits per heavy atom. The number of fused-ring (bicyclic) bond motifs is 2. The first-order chi connectivity index (χ1) is 32.6. The molecule has 0 atom stereocenters. The Kier molecular flexibility index (Phi) is 13.7. The second kappa shape index (κ2) is 21.4. The maximum absolute atomic E-state index is 5.99. The molecule has 14 nitrogen and oxygen atoms in total. The van der Waals surface area contributed by atoms with E-state index in [0.29, 0.717) is 24.9 Å². The first-order valence-corrected chi connectivity index (χ1v) is 21.1. The van der Waals surface area contributed by atoms with E-state index in [2.05, 4.69) is 87.6 Å². The summed E-state index contributed by atoms with van der Waals surface area (Å²) in [4.78, 5) is 9.31. The number of aromatic nitrogens is 10. The summed E-state index contributed by atoms with van der Waals surface area (Å²) < 4.78 is 23.4. The monoisotopic (exact) mass is 870 g/mol. The van der Waals surface area contributed by atoms with Gasteiger partial charge in [-0.15, -0.1) is 20.4 Å². The standard InChI is InChI=1S/2C26H21N5O2/c1-3-10-24-20(7-1)14-15-22(27-24)17-32-23-9-5-6-19(16-23)12-13-21-8-2-4-11-25(21)33-18-26-28-30-31-29-26;1-2-4-25-21(3-1)11-12-22(27-25)17-32-23-13-7-19(8-14-23)5-6-20-9-15-24(16-10-20)33-18-26-28-30-31-29-26/h2*1-16H,17-18H2,(H,28,29,30,31). The molecule has 66 heavy (non-hydrogen) atoms. The molecule has 0 saturated carbocycles. The van der Waals surface area contributed by atoms with Crippen LogP contribution in [0.4, 0.5) is 0 Å². The summed E-state index contributed by atoms with van der Waals surface area (Å²) in [5.41, 5.74) is 7.87. The molecular formula is C52H42N10O4. The zero-order valence-corrected chi connectivity index (χ0v) is 35.5. The Labute approximate surface area is 379 Å². The third-order valence-electron chi connectivity index (χ3n) is 10.0. The molecule has 0 saturated heterocycles. The second-order valence-corrected chi connectivity index (χ2v) is 14.7. The summed E-state index contributed by atoms with van der Waals surface area (Å²) >= 11 is 0. The number of pyridine rings is 2. The summed E-state index contributed by atoms with van der Waals surface area (Å²) in [6.45, 7) is 1.36. The van der Waals surface area contributed by atoms with Crippen LogP contribution in [0.25, 0.3) is 46.1 Å². The largest absolute Gasteiger partial charge is 0.487 e. The van der Waals surface area contributed by atoms with E-state index >= 15 is 0 Å². The molecule has 10 aromatic rings. The highest BCUT2D eigenvalue weighted by Gasteiger charge is 2.06. The van der Waals surface area contributed by atoms with Gasteiger partial charge in [0.1, 0.15) is 36.2 Å². The van der Waals surface area contributed by atoms with Gasteiger partial charge in [-0.3, -0.25) is 0 Å². The van der Waals surface area contributed by atoms with Gasteiger partial charge in [0, 0.05) is 16.3 Å². The Bertz CT molecular complexity index is 3160. The third kappa shape index (κ3) is 11.9. The number of para-hydroxylation sites is 3. The van der Waals surface area contributed by atoms with E-state index in [1.807, 2.05) is 158 Å². The quantitative estimate of drug-likeness (QED) is 0.0882. The van der Waals surface area contributed by atoms with Crippen molar-refractivity contribution in [3.63, 3.8) is 0 Å². The average molecular weight is 871 g/mol. The van der Waals surface area contributed by atoms with Gasteiger partial charge in [0.25, 0.3) is 0 Å². The van der Waals surface area contributed by atoms with Crippen LogP contribution in [-0.4, -0.2) is 51.2 Å². The number of benzene rings is 6. The molecule has 0 bridgehead atoms. The lowest BCUT2D eigenvalue weighted by atomic mass is 10.1. The fourth-order valence-electron chi connectivity index (χ4n) is 6.66. The maximum atomic E-state index is 5.99. The van der Waals surface area contributed by atoms with Gasteiger partial charge in [-0.1, -0.05) is 138 Å². The van der Waals surface area contributed by atoms with Crippen LogP contribution in [0.2, 0.25) is 0 Å². The number of ether oxygens (including phenoxy) is 4. The summed E-state index contributed by atoms with van der Waals surface area (Å²) in [5.74, 6) is 4.10. The van der Waals surface area contributed by atoms with E-state index in [4.69, 9.17) is 18.9 Å². The number of nitrogens with one attached hydrogen (secondary N) is 2. The summed E-state index contributed by atoms with van der Waals surface area (Å²) in [6.07, 6.45) is 8.15. The minimum Gasteiger partial charge on any atom is -0.487 e. The second-order valence-electron chi connectivity index (χ2n) is 14.7. The van der Waals surface area contributed by atoms with Crippen molar-refractivity contribution in [2.45, 2.75) is 26.4 Å². The van der Waals surface area contributed by atoms with Crippen molar-refractivity contribution >= 4 is 46.1 Å². The highest BCUT2D eigenvalue weighted by atomic mass is 16.5. The number of tetrazole rings is 2. The highest BCUT2D eigenvalue weighted by Crippen LogP contribution is 2.24. The fraction of sp³-hybridized carbons (Fsp3) is 0.0769. The molecule has 6 aromatic carbocycles. The zero-order valence-electron chi connectivity index (χ0n) is 35.5. The van der Waals surface area contributed by atoms with Crippen LogP contribution in [0.3, 0.4) is 0 Å². The Balaban J connectivity index is 0.000000166. The lowest BCUT2D eigenvalue weighted by Gasteiger charge is -2.08. The molecule has 4 heterocycles. The Hall–Kier alpha value is -9.04. The predicted octanol–water partition coefficient (Wildman–Crippen LogP) is 10.2. The first-order valence-electron chi connectivity index (χ1n) is 21.1. The molecule has 0 aliphatic heterocycles. The number of hydrogen-bond acceptors (Lipinski definition) is 12. The van der Waals surface area contributed by atoms with Gasteiger partial charge >= 0.3 is 0 Å². The Morgan fingerprint density at radius 1 is 0.394 bits per heavy atom. The van der Waals surface area contributed by atoms with Crippen LogP contribution < -0.4 is 18.9 Å². The van der Waals surface area contributed by atoms with E-state index in [1.54, 1.807) is 0 Å². The van der Waals surface area contributed by atoms with Gasteiger partial charge in [-0.05, 0) is 83.4 Å². The highest BCUT2D eigenvalue weighted by molar-refractivity contribution is 5.79. The van der Waals surface area contributed by atoms with Crippen LogP contribution in [0.1, 0.15) is 45.3 Å². The molecule has 0 fully saturated rings. The molecule has 14 heteroatoms. The van der Waals surface area contributed by atoms with Gasteiger partial charge in [0.05, 0.1) is 22.4 Å². The molecular weight excluding hydrogens is 829 g/mol. The van der Waals surface area contributed by atoms with Crippen LogP contribution in [0, 0.1) is 0 Å². The van der Waals surface area contributed by atoms with Gasteiger partial charge in [-0.2, -0.15) is 10.4 Å². The van der Waals surface area contributed by atoms with E-state index in [9.17, 15) is 0 Å². The van der Waals surface area contributed by atoms with Crippen LogP contribution >= 0.6 is 0 Å². The number of aromatic amines is 2. The van der Waals surface area contributed by atoms with Crippen molar-refractivity contribution in [3.05, 3.63) is 215 Å². The van der Waals surface area contributed by atoms with E-state index in [-0.39, 0.29) is 13.2 Å². The van der Waals surface area contributed by atoms with Gasteiger partial charge < -0.3 is 18.9 Å². The number of H-pyrrole nitrogens is 2. The lowest BCUT2D eigenvalue weighted by Crippen LogP contribution is -1.99. The third-order valence-corrected chi connectivity index (χ3v) is 10.0. The van der Waals surface area contributed by atoms with Crippen molar-refractivity contribution in [1.29, 1.82) is 0 Å². The summed E-state index contributed by atoms with van der Waals surface area (Å²) in [6, 6.07) is 55.8. The van der Waals surface area contributed by atoms with E-state index < -0.39 is 0 Å². The molecule has 324 valence electrons. The molecule has 0 radical (unpaired) electrons. The topological polar surface area (TPSA) is 172 Å². The van der Waals surface area contributed by atoms with Gasteiger partial charge in [0.15, 0.2) is 13.2 Å². The Morgan fingerprint density at radius 3 is 1.50 bits per heavy atom. The van der Waals surface area contributed by atoms with Crippen LogP contribution in [-0.2, 0) is 26.4 Å². The van der Waals surface area contributed by atoms with Crippen LogP contribution in [0.15, 0.2) is 170 Å². The van der Waals surface area contributed by atoms with E-state index in [1.165, 1.54) is 0 Å². The molecule has 2 N–H and O–H groups in total.